The van der Waals surface area contributed by atoms with E-state index < -0.39 is 0 Å². The van der Waals surface area contributed by atoms with Gasteiger partial charge in [0.05, 0.1) is 7.11 Å². The molecule has 0 saturated heterocycles. The molecule has 2 atom stereocenters. The van der Waals surface area contributed by atoms with Gasteiger partial charge in [-0.3, -0.25) is 4.79 Å². The molecule has 1 saturated carbocycles. The number of ether oxygens (including phenoxy) is 1. The molecule has 1 aliphatic carbocycles. The van der Waals surface area contributed by atoms with Gasteiger partial charge in [0.15, 0.2) is 0 Å². The summed E-state index contributed by atoms with van der Waals surface area (Å²) in [5.41, 5.74) is 1.41. The molecule has 0 aliphatic heterocycles. The van der Waals surface area contributed by atoms with E-state index in [0.717, 1.165) is 6.42 Å². The highest BCUT2D eigenvalue weighted by atomic mass is 16.5. The fraction of sp³-hybridized carbons (Fsp3) is 0.462. The fourth-order valence-electron chi connectivity index (χ4n) is 2.08. The summed E-state index contributed by atoms with van der Waals surface area (Å²) >= 11 is 0. The van der Waals surface area contributed by atoms with Crippen LogP contribution in [0.1, 0.15) is 30.7 Å². The van der Waals surface area contributed by atoms with Crippen LogP contribution in [0.15, 0.2) is 30.3 Å². The third-order valence-electron chi connectivity index (χ3n) is 3.10. The molecule has 0 heterocycles. The summed E-state index contributed by atoms with van der Waals surface area (Å²) < 4.78 is 4.63. The van der Waals surface area contributed by atoms with Crippen LogP contribution in [-0.2, 0) is 9.53 Å². The zero-order valence-corrected chi connectivity index (χ0v) is 8.98. The summed E-state index contributed by atoms with van der Waals surface area (Å²) in [6.45, 7) is 0. The van der Waals surface area contributed by atoms with Gasteiger partial charge in [-0.15, -0.1) is 0 Å². The Morgan fingerprint density at radius 1 is 1.40 bits per heavy atom. The van der Waals surface area contributed by atoms with Gasteiger partial charge in [0.1, 0.15) is 0 Å². The number of hydrogen-bond donors (Lipinski definition) is 0. The van der Waals surface area contributed by atoms with Gasteiger partial charge in [-0.2, -0.15) is 0 Å². The van der Waals surface area contributed by atoms with Crippen molar-refractivity contribution in [1.82, 2.24) is 0 Å². The van der Waals surface area contributed by atoms with Gasteiger partial charge in [0.25, 0.3) is 0 Å². The smallest absolute Gasteiger partial charge is 0.305 e. The van der Waals surface area contributed by atoms with Crippen molar-refractivity contribution >= 4 is 5.97 Å². The van der Waals surface area contributed by atoms with Crippen LogP contribution in [0.5, 0.6) is 0 Å². The molecule has 1 aromatic carbocycles. The lowest BCUT2D eigenvalue weighted by atomic mass is 10.1. The summed E-state index contributed by atoms with van der Waals surface area (Å²) in [6.07, 6.45) is 2.75. The van der Waals surface area contributed by atoms with Crippen LogP contribution in [0.4, 0.5) is 0 Å². The number of hydrogen-bond acceptors (Lipinski definition) is 2. The van der Waals surface area contributed by atoms with E-state index in [2.05, 4.69) is 29.0 Å². The lowest BCUT2D eigenvalue weighted by Gasteiger charge is -2.00. The van der Waals surface area contributed by atoms with Crippen molar-refractivity contribution in [3.63, 3.8) is 0 Å². The average Bonchev–Trinajstić information content (AvgIpc) is 3.06. The third kappa shape index (κ3) is 2.58. The lowest BCUT2D eigenvalue weighted by Crippen LogP contribution is -2.00. The monoisotopic (exact) mass is 204 g/mol. The van der Waals surface area contributed by atoms with Gasteiger partial charge >= 0.3 is 5.97 Å². The number of rotatable bonds is 4. The molecule has 0 radical (unpaired) electrons. The van der Waals surface area contributed by atoms with E-state index in [0.29, 0.717) is 18.3 Å². The number of benzene rings is 1. The normalized spacial score (nSPS) is 23.5. The molecule has 0 unspecified atom stereocenters. The Labute approximate surface area is 90.3 Å². The van der Waals surface area contributed by atoms with E-state index in [1.165, 1.54) is 19.1 Å². The predicted octanol–water partition coefficient (Wildman–Crippen LogP) is 2.74. The number of carbonyl (C=O) groups is 1. The molecule has 2 nitrogen and oxygen atoms in total. The minimum atomic E-state index is -0.0892. The minimum absolute atomic E-state index is 0.0892. The second kappa shape index (κ2) is 4.47. The number of methoxy groups -OCH3 is 1. The van der Waals surface area contributed by atoms with Gasteiger partial charge < -0.3 is 4.74 Å². The Morgan fingerprint density at radius 3 is 2.80 bits per heavy atom. The van der Waals surface area contributed by atoms with Crippen LogP contribution in [0, 0.1) is 5.92 Å². The first-order valence-electron chi connectivity index (χ1n) is 5.43. The van der Waals surface area contributed by atoms with E-state index in [1.54, 1.807) is 0 Å². The predicted molar refractivity (Wildman–Crippen MR) is 58.5 cm³/mol. The van der Waals surface area contributed by atoms with Crippen molar-refractivity contribution in [3.05, 3.63) is 35.9 Å². The Bertz CT molecular complexity index is 332. The molecule has 0 aromatic heterocycles. The van der Waals surface area contributed by atoms with Crippen LogP contribution in [0.3, 0.4) is 0 Å². The SMILES string of the molecule is COC(=O)CC[C@H]1C[C@H]1c1ccccc1. The maximum Gasteiger partial charge on any atom is 0.305 e. The summed E-state index contributed by atoms with van der Waals surface area (Å²) in [7, 11) is 1.45. The highest BCUT2D eigenvalue weighted by Gasteiger charge is 2.37. The Morgan fingerprint density at radius 2 is 2.13 bits per heavy atom. The van der Waals surface area contributed by atoms with Crippen LogP contribution >= 0.6 is 0 Å². The fourth-order valence-corrected chi connectivity index (χ4v) is 2.08. The molecular formula is C13H16O2. The van der Waals surface area contributed by atoms with Crippen LogP contribution in [0.2, 0.25) is 0 Å². The first kappa shape index (κ1) is 10.2. The second-order valence-corrected chi connectivity index (χ2v) is 4.13. The molecule has 2 rings (SSSR count). The van der Waals surface area contributed by atoms with Crippen molar-refractivity contribution in [3.8, 4) is 0 Å². The molecule has 80 valence electrons. The zero-order valence-electron chi connectivity index (χ0n) is 8.98. The first-order valence-corrected chi connectivity index (χ1v) is 5.43. The van der Waals surface area contributed by atoms with Crippen molar-refractivity contribution in [2.45, 2.75) is 25.2 Å². The molecule has 0 bridgehead atoms. The summed E-state index contributed by atoms with van der Waals surface area (Å²) in [5.74, 6) is 1.27. The standard InChI is InChI=1S/C13H16O2/c1-15-13(14)8-7-11-9-12(11)10-5-3-2-4-6-10/h2-6,11-12H,7-9H2,1H3/t11-,12-/m0/s1. The quantitative estimate of drug-likeness (QED) is 0.705. The van der Waals surface area contributed by atoms with Crippen LogP contribution < -0.4 is 0 Å². The highest BCUT2D eigenvalue weighted by molar-refractivity contribution is 5.69. The molecule has 2 heteroatoms. The third-order valence-corrected chi connectivity index (χ3v) is 3.10. The second-order valence-electron chi connectivity index (χ2n) is 4.13. The average molecular weight is 204 g/mol. The Hall–Kier alpha value is -1.31. The Balaban J connectivity index is 1.79. The molecule has 0 spiro atoms. The van der Waals surface area contributed by atoms with E-state index >= 15 is 0 Å². The summed E-state index contributed by atoms with van der Waals surface area (Å²) in [6, 6.07) is 10.5. The zero-order chi connectivity index (χ0) is 10.7. The van der Waals surface area contributed by atoms with Crippen molar-refractivity contribution < 1.29 is 9.53 Å². The molecular weight excluding hydrogens is 188 g/mol. The number of esters is 1. The maximum absolute atomic E-state index is 11.0. The van der Waals surface area contributed by atoms with Crippen LogP contribution in [0.25, 0.3) is 0 Å². The molecule has 1 aliphatic rings. The van der Waals surface area contributed by atoms with Gasteiger partial charge in [0, 0.05) is 6.42 Å². The van der Waals surface area contributed by atoms with Crippen molar-refractivity contribution in [2.75, 3.05) is 7.11 Å². The van der Waals surface area contributed by atoms with Gasteiger partial charge in [-0.05, 0) is 30.2 Å². The summed E-state index contributed by atoms with van der Waals surface area (Å²) in [5, 5.41) is 0. The summed E-state index contributed by atoms with van der Waals surface area (Å²) in [4.78, 5) is 11.0. The molecule has 0 N–H and O–H groups in total. The van der Waals surface area contributed by atoms with Gasteiger partial charge in [-0.1, -0.05) is 30.3 Å². The van der Waals surface area contributed by atoms with Gasteiger partial charge in [-0.25, -0.2) is 0 Å². The van der Waals surface area contributed by atoms with Crippen molar-refractivity contribution in [1.29, 1.82) is 0 Å². The van der Waals surface area contributed by atoms with Crippen molar-refractivity contribution in [2.24, 2.45) is 5.92 Å². The van der Waals surface area contributed by atoms with Crippen LogP contribution in [-0.4, -0.2) is 13.1 Å². The molecule has 15 heavy (non-hydrogen) atoms. The van der Waals surface area contributed by atoms with E-state index in [-0.39, 0.29) is 5.97 Å². The first-order chi connectivity index (χ1) is 7.31. The molecule has 0 amide bonds. The lowest BCUT2D eigenvalue weighted by molar-refractivity contribution is -0.140. The number of carbonyl (C=O) groups excluding carboxylic acids is 1. The Kier molecular flexibility index (Phi) is 3.05. The molecule has 1 aromatic rings. The van der Waals surface area contributed by atoms with E-state index in [4.69, 9.17) is 0 Å². The van der Waals surface area contributed by atoms with Gasteiger partial charge in [0.2, 0.25) is 0 Å². The molecule has 1 fully saturated rings. The largest absolute Gasteiger partial charge is 0.469 e. The van der Waals surface area contributed by atoms with E-state index in [9.17, 15) is 4.79 Å². The minimum Gasteiger partial charge on any atom is -0.469 e. The maximum atomic E-state index is 11.0. The topological polar surface area (TPSA) is 26.3 Å². The highest BCUT2D eigenvalue weighted by Crippen LogP contribution is 2.49. The van der Waals surface area contributed by atoms with E-state index in [1.807, 2.05) is 6.07 Å².